The van der Waals surface area contributed by atoms with E-state index in [2.05, 4.69) is 5.32 Å². The van der Waals surface area contributed by atoms with Crippen molar-refractivity contribution in [2.24, 2.45) is 0 Å². The summed E-state index contributed by atoms with van der Waals surface area (Å²) in [4.78, 5) is 12.8. The fraction of sp³-hybridized carbons (Fsp3) is 0.133. The van der Waals surface area contributed by atoms with Crippen molar-refractivity contribution >= 4 is 40.6 Å². The highest BCUT2D eigenvalue weighted by molar-refractivity contribution is 7.99. The quantitative estimate of drug-likeness (QED) is 0.647. The molecule has 104 valence electrons. The van der Waals surface area contributed by atoms with Gasteiger partial charge in [-0.15, -0.1) is 11.8 Å². The number of halogens is 1. The van der Waals surface area contributed by atoms with Crippen LogP contribution in [0.4, 0.5) is 11.4 Å². The first-order chi connectivity index (χ1) is 9.65. The minimum atomic E-state index is -0.0191. The van der Waals surface area contributed by atoms with E-state index in [9.17, 15) is 4.79 Å². The van der Waals surface area contributed by atoms with Crippen molar-refractivity contribution in [1.82, 2.24) is 0 Å². The summed E-state index contributed by atoms with van der Waals surface area (Å²) in [7, 11) is 0. The molecule has 0 spiro atoms. The third kappa shape index (κ3) is 4.47. The average molecular weight is 307 g/mol. The molecule has 0 radical (unpaired) electrons. The summed E-state index contributed by atoms with van der Waals surface area (Å²) in [5, 5.41) is 3.55. The zero-order chi connectivity index (χ0) is 14.4. The number of hydrogen-bond acceptors (Lipinski definition) is 3. The second-order valence-corrected chi connectivity index (χ2v) is 5.74. The summed E-state index contributed by atoms with van der Waals surface area (Å²) in [5.74, 6) is 0.666. The van der Waals surface area contributed by atoms with Gasteiger partial charge < -0.3 is 11.1 Å². The van der Waals surface area contributed by atoms with Gasteiger partial charge in [-0.3, -0.25) is 4.79 Å². The highest BCUT2D eigenvalue weighted by Crippen LogP contribution is 2.27. The molecule has 0 saturated carbocycles. The van der Waals surface area contributed by atoms with Crippen molar-refractivity contribution < 1.29 is 4.79 Å². The Bertz CT molecular complexity index is 587. The predicted molar refractivity (Wildman–Crippen MR) is 86.3 cm³/mol. The average Bonchev–Trinajstić information content (AvgIpc) is 2.43. The van der Waals surface area contributed by atoms with Crippen molar-refractivity contribution in [1.29, 1.82) is 0 Å². The Hall–Kier alpha value is -1.65. The van der Waals surface area contributed by atoms with Crippen LogP contribution in [-0.4, -0.2) is 11.7 Å². The first-order valence-corrected chi connectivity index (χ1v) is 7.54. The molecule has 0 aliphatic heterocycles. The maximum Gasteiger partial charge on any atom is 0.225 e. The molecule has 3 nitrogen and oxygen atoms in total. The fourth-order valence-corrected chi connectivity index (χ4v) is 2.79. The van der Waals surface area contributed by atoms with Crippen LogP contribution >= 0.6 is 23.4 Å². The van der Waals surface area contributed by atoms with E-state index >= 15 is 0 Å². The Kier molecular flexibility index (Phi) is 5.32. The summed E-state index contributed by atoms with van der Waals surface area (Å²) >= 11 is 7.63. The molecule has 0 fully saturated rings. The Labute approximate surface area is 127 Å². The molecule has 0 atom stereocenters. The third-order valence-electron chi connectivity index (χ3n) is 2.62. The van der Waals surface area contributed by atoms with Crippen LogP contribution in [0.1, 0.15) is 6.42 Å². The molecule has 0 heterocycles. The van der Waals surface area contributed by atoms with Gasteiger partial charge in [-0.05, 0) is 36.4 Å². The third-order valence-corrected chi connectivity index (χ3v) is 4.13. The molecule has 3 N–H and O–H groups in total. The van der Waals surface area contributed by atoms with Crippen LogP contribution in [0.5, 0.6) is 0 Å². The van der Waals surface area contributed by atoms with Crippen LogP contribution in [0.15, 0.2) is 53.4 Å². The highest BCUT2D eigenvalue weighted by Gasteiger charge is 2.04. The van der Waals surface area contributed by atoms with Crippen molar-refractivity contribution in [3.63, 3.8) is 0 Å². The number of nitrogen functional groups attached to an aromatic ring is 1. The van der Waals surface area contributed by atoms with E-state index < -0.39 is 0 Å². The van der Waals surface area contributed by atoms with Crippen LogP contribution < -0.4 is 11.1 Å². The van der Waals surface area contributed by atoms with Gasteiger partial charge in [0.1, 0.15) is 0 Å². The van der Waals surface area contributed by atoms with Gasteiger partial charge in [0.2, 0.25) is 5.91 Å². The van der Waals surface area contributed by atoms with Crippen molar-refractivity contribution in [3.05, 3.63) is 53.6 Å². The summed E-state index contributed by atoms with van der Waals surface area (Å²) in [5.41, 5.74) is 7.02. The van der Waals surface area contributed by atoms with Crippen LogP contribution in [0.3, 0.4) is 0 Å². The maximum absolute atomic E-state index is 11.8. The lowest BCUT2D eigenvalue weighted by molar-refractivity contribution is -0.115. The number of hydrogen-bond donors (Lipinski definition) is 2. The lowest BCUT2D eigenvalue weighted by Gasteiger charge is -2.06. The van der Waals surface area contributed by atoms with E-state index in [1.54, 1.807) is 36.0 Å². The van der Waals surface area contributed by atoms with E-state index in [0.29, 0.717) is 17.9 Å². The molecule has 0 saturated heterocycles. The van der Waals surface area contributed by atoms with E-state index in [-0.39, 0.29) is 5.91 Å². The Morgan fingerprint density at radius 3 is 2.55 bits per heavy atom. The van der Waals surface area contributed by atoms with Crippen LogP contribution in [-0.2, 0) is 4.79 Å². The predicted octanol–water partition coefficient (Wildman–Crippen LogP) is 4.04. The molecule has 5 heteroatoms. The number of benzene rings is 2. The van der Waals surface area contributed by atoms with Crippen molar-refractivity contribution in [2.75, 3.05) is 16.8 Å². The maximum atomic E-state index is 11.8. The minimum Gasteiger partial charge on any atom is -0.399 e. The van der Waals surface area contributed by atoms with E-state index in [1.807, 2.05) is 24.3 Å². The number of nitrogens with one attached hydrogen (secondary N) is 1. The lowest BCUT2D eigenvalue weighted by atomic mass is 10.3. The number of anilines is 2. The molecule has 2 rings (SSSR count). The van der Waals surface area contributed by atoms with Gasteiger partial charge >= 0.3 is 0 Å². The van der Waals surface area contributed by atoms with Gasteiger partial charge in [0, 0.05) is 28.4 Å². The Morgan fingerprint density at radius 1 is 1.15 bits per heavy atom. The molecule has 0 aliphatic rings. The SMILES string of the molecule is Nc1ccc(NC(=O)CCSc2ccccc2Cl)cc1. The summed E-state index contributed by atoms with van der Waals surface area (Å²) in [6, 6.07) is 14.7. The van der Waals surface area contributed by atoms with Crippen LogP contribution in [0.25, 0.3) is 0 Å². The molecule has 0 aromatic heterocycles. The summed E-state index contributed by atoms with van der Waals surface area (Å²) in [6.07, 6.45) is 0.431. The molecule has 1 amide bonds. The standard InChI is InChI=1S/C15H15ClN2OS/c16-13-3-1-2-4-14(13)20-10-9-15(19)18-12-7-5-11(17)6-8-12/h1-8H,9-10,17H2,(H,18,19). The zero-order valence-corrected chi connectivity index (χ0v) is 12.4. The van der Waals surface area contributed by atoms with Gasteiger partial charge in [-0.25, -0.2) is 0 Å². The summed E-state index contributed by atoms with van der Waals surface area (Å²) in [6.45, 7) is 0. The molecule has 2 aromatic rings. The van der Waals surface area contributed by atoms with Crippen LogP contribution in [0, 0.1) is 0 Å². The van der Waals surface area contributed by atoms with E-state index in [0.717, 1.165) is 15.6 Å². The first kappa shape index (κ1) is 14.8. The van der Waals surface area contributed by atoms with Crippen molar-refractivity contribution in [3.8, 4) is 0 Å². The number of amides is 1. The van der Waals surface area contributed by atoms with E-state index in [4.69, 9.17) is 17.3 Å². The number of nitrogens with two attached hydrogens (primary N) is 1. The number of rotatable bonds is 5. The number of thioether (sulfide) groups is 1. The molecule has 20 heavy (non-hydrogen) atoms. The second-order valence-electron chi connectivity index (χ2n) is 4.20. The van der Waals surface area contributed by atoms with E-state index in [1.165, 1.54) is 0 Å². The van der Waals surface area contributed by atoms with Crippen LogP contribution in [0.2, 0.25) is 5.02 Å². The molecule has 0 bridgehead atoms. The first-order valence-electron chi connectivity index (χ1n) is 6.18. The Balaban J connectivity index is 1.78. The van der Waals surface area contributed by atoms with Crippen molar-refractivity contribution in [2.45, 2.75) is 11.3 Å². The largest absolute Gasteiger partial charge is 0.399 e. The minimum absolute atomic E-state index is 0.0191. The van der Waals surface area contributed by atoms with Gasteiger partial charge in [-0.2, -0.15) is 0 Å². The van der Waals surface area contributed by atoms with Gasteiger partial charge in [0.25, 0.3) is 0 Å². The monoisotopic (exact) mass is 306 g/mol. The molecule has 0 aliphatic carbocycles. The highest BCUT2D eigenvalue weighted by atomic mass is 35.5. The van der Waals surface area contributed by atoms with Gasteiger partial charge in [-0.1, -0.05) is 23.7 Å². The molecular weight excluding hydrogens is 292 g/mol. The zero-order valence-electron chi connectivity index (χ0n) is 10.8. The molecular formula is C15H15ClN2OS. The lowest BCUT2D eigenvalue weighted by Crippen LogP contribution is -2.12. The number of carbonyl (C=O) groups is 1. The van der Waals surface area contributed by atoms with Gasteiger partial charge in [0.15, 0.2) is 0 Å². The summed E-state index contributed by atoms with van der Waals surface area (Å²) < 4.78 is 0. The normalized spacial score (nSPS) is 10.2. The van der Waals surface area contributed by atoms with Gasteiger partial charge in [0.05, 0.1) is 5.02 Å². The molecule has 2 aromatic carbocycles. The smallest absolute Gasteiger partial charge is 0.225 e. The second kappa shape index (κ2) is 7.22. The number of carbonyl (C=O) groups excluding carboxylic acids is 1. The molecule has 0 unspecified atom stereocenters. The Morgan fingerprint density at radius 2 is 1.85 bits per heavy atom. The topological polar surface area (TPSA) is 55.1 Å². The fourth-order valence-electron chi connectivity index (χ4n) is 1.61.